The Hall–Kier alpha value is -1.88. The van der Waals surface area contributed by atoms with Crippen molar-refractivity contribution in [1.29, 1.82) is 0 Å². The van der Waals surface area contributed by atoms with E-state index < -0.39 is 0 Å². The van der Waals surface area contributed by atoms with Gasteiger partial charge < -0.3 is 4.74 Å². The van der Waals surface area contributed by atoms with E-state index in [0.29, 0.717) is 6.42 Å². The van der Waals surface area contributed by atoms with E-state index in [0.717, 1.165) is 12.0 Å². The van der Waals surface area contributed by atoms with Gasteiger partial charge >= 0.3 is 5.97 Å². The standard InChI is InChI=1S/C18H27NO4/c1-5-14(2)16(11-12-17(20)19(3)22-4)18(21)23-13-15-9-7-6-8-10-15/h6-10,14,16H,5,11-13H2,1-4H3. The number of amides is 1. The zero-order valence-electron chi connectivity index (χ0n) is 14.5. The number of esters is 1. The van der Waals surface area contributed by atoms with Crippen LogP contribution in [0.1, 0.15) is 38.7 Å². The van der Waals surface area contributed by atoms with Crippen molar-refractivity contribution < 1.29 is 19.2 Å². The summed E-state index contributed by atoms with van der Waals surface area (Å²) in [6, 6.07) is 9.58. The number of hydrogen-bond donors (Lipinski definition) is 0. The van der Waals surface area contributed by atoms with Crippen LogP contribution in [0.3, 0.4) is 0 Å². The van der Waals surface area contributed by atoms with Crippen molar-refractivity contribution in [3.63, 3.8) is 0 Å². The molecule has 0 aliphatic carbocycles. The Morgan fingerprint density at radius 3 is 2.43 bits per heavy atom. The van der Waals surface area contributed by atoms with Crippen LogP contribution in [0.2, 0.25) is 0 Å². The maximum atomic E-state index is 12.4. The first-order valence-electron chi connectivity index (χ1n) is 8.00. The van der Waals surface area contributed by atoms with Crippen molar-refractivity contribution in [2.75, 3.05) is 14.2 Å². The quantitative estimate of drug-likeness (QED) is 0.518. The third-order valence-electron chi connectivity index (χ3n) is 4.15. The van der Waals surface area contributed by atoms with Crippen molar-refractivity contribution >= 4 is 11.9 Å². The van der Waals surface area contributed by atoms with Gasteiger partial charge in [0, 0.05) is 13.5 Å². The normalized spacial score (nSPS) is 13.2. The highest BCUT2D eigenvalue weighted by atomic mass is 16.7. The molecule has 1 aromatic carbocycles. The molecule has 0 radical (unpaired) electrons. The Balaban J connectivity index is 2.58. The van der Waals surface area contributed by atoms with Gasteiger partial charge in [-0.25, -0.2) is 5.06 Å². The number of carbonyl (C=O) groups is 2. The van der Waals surface area contributed by atoms with Crippen molar-refractivity contribution in [2.45, 2.75) is 39.7 Å². The van der Waals surface area contributed by atoms with E-state index in [4.69, 9.17) is 9.57 Å². The van der Waals surface area contributed by atoms with Crippen LogP contribution < -0.4 is 0 Å². The van der Waals surface area contributed by atoms with Crippen LogP contribution in [-0.4, -0.2) is 31.1 Å². The van der Waals surface area contributed by atoms with Crippen molar-refractivity contribution in [1.82, 2.24) is 5.06 Å². The average molecular weight is 321 g/mol. The lowest BCUT2D eigenvalue weighted by Gasteiger charge is -2.22. The molecule has 23 heavy (non-hydrogen) atoms. The maximum Gasteiger partial charge on any atom is 0.309 e. The number of hydrogen-bond acceptors (Lipinski definition) is 4. The van der Waals surface area contributed by atoms with E-state index in [1.54, 1.807) is 7.05 Å². The number of carbonyl (C=O) groups excluding carboxylic acids is 2. The molecule has 0 saturated carbocycles. The van der Waals surface area contributed by atoms with Gasteiger partial charge in [0.2, 0.25) is 5.91 Å². The van der Waals surface area contributed by atoms with Crippen molar-refractivity contribution in [3.8, 4) is 0 Å². The summed E-state index contributed by atoms with van der Waals surface area (Å²) in [6.07, 6.45) is 1.59. The predicted molar refractivity (Wildman–Crippen MR) is 88.2 cm³/mol. The highest BCUT2D eigenvalue weighted by molar-refractivity contribution is 5.77. The third-order valence-corrected chi connectivity index (χ3v) is 4.15. The summed E-state index contributed by atoms with van der Waals surface area (Å²) in [5, 5.41) is 1.18. The highest BCUT2D eigenvalue weighted by Crippen LogP contribution is 2.23. The molecule has 5 nitrogen and oxygen atoms in total. The summed E-state index contributed by atoms with van der Waals surface area (Å²) >= 11 is 0. The second-order valence-corrected chi connectivity index (χ2v) is 5.70. The lowest BCUT2D eigenvalue weighted by atomic mass is 9.88. The molecule has 0 N–H and O–H groups in total. The summed E-state index contributed by atoms with van der Waals surface area (Å²) in [6.45, 7) is 4.31. The summed E-state index contributed by atoms with van der Waals surface area (Å²) in [5.74, 6) is -0.496. The summed E-state index contributed by atoms with van der Waals surface area (Å²) < 4.78 is 5.44. The van der Waals surface area contributed by atoms with E-state index in [1.165, 1.54) is 12.2 Å². The number of benzene rings is 1. The summed E-state index contributed by atoms with van der Waals surface area (Å²) in [4.78, 5) is 29.1. The topological polar surface area (TPSA) is 55.8 Å². The molecule has 0 fully saturated rings. The molecule has 0 heterocycles. The van der Waals surface area contributed by atoms with Gasteiger partial charge in [-0.15, -0.1) is 0 Å². The molecule has 0 aliphatic heterocycles. The third kappa shape index (κ3) is 6.40. The van der Waals surface area contributed by atoms with Crippen LogP contribution in [0, 0.1) is 11.8 Å². The second kappa shape index (κ2) is 10.0. The van der Waals surface area contributed by atoms with Gasteiger partial charge in [-0.2, -0.15) is 0 Å². The van der Waals surface area contributed by atoms with Gasteiger partial charge in [-0.1, -0.05) is 50.6 Å². The van der Waals surface area contributed by atoms with Gasteiger partial charge in [0.1, 0.15) is 6.61 Å². The first kappa shape index (κ1) is 19.2. The first-order valence-corrected chi connectivity index (χ1v) is 8.00. The lowest BCUT2D eigenvalue weighted by Crippen LogP contribution is -2.29. The number of hydroxylamine groups is 2. The number of rotatable bonds is 9. The molecule has 1 rings (SSSR count). The monoisotopic (exact) mass is 321 g/mol. The molecule has 0 bridgehead atoms. The molecular formula is C18H27NO4. The van der Waals surface area contributed by atoms with Crippen LogP contribution in [0.25, 0.3) is 0 Å². The molecule has 0 spiro atoms. The molecule has 0 aliphatic rings. The van der Waals surface area contributed by atoms with Gasteiger partial charge in [0.05, 0.1) is 13.0 Å². The Morgan fingerprint density at radius 2 is 1.87 bits per heavy atom. The van der Waals surface area contributed by atoms with E-state index in [2.05, 4.69) is 0 Å². The van der Waals surface area contributed by atoms with Crippen LogP contribution in [0.15, 0.2) is 30.3 Å². The molecule has 128 valence electrons. The Bertz CT molecular complexity index is 489. The maximum absolute atomic E-state index is 12.4. The number of ether oxygens (including phenoxy) is 1. The van der Waals surface area contributed by atoms with Gasteiger partial charge in [-0.05, 0) is 17.9 Å². The first-order chi connectivity index (χ1) is 11.0. The van der Waals surface area contributed by atoms with E-state index in [1.807, 2.05) is 44.2 Å². The largest absolute Gasteiger partial charge is 0.461 e. The molecule has 0 saturated heterocycles. The molecule has 2 atom stereocenters. The average Bonchev–Trinajstić information content (AvgIpc) is 2.59. The van der Waals surface area contributed by atoms with Crippen LogP contribution in [0.4, 0.5) is 0 Å². The second-order valence-electron chi connectivity index (χ2n) is 5.70. The lowest BCUT2D eigenvalue weighted by molar-refractivity contribution is -0.169. The van der Waals surface area contributed by atoms with Crippen molar-refractivity contribution in [2.24, 2.45) is 11.8 Å². The van der Waals surface area contributed by atoms with Gasteiger partial charge in [0.25, 0.3) is 0 Å². The molecule has 5 heteroatoms. The van der Waals surface area contributed by atoms with E-state index in [-0.39, 0.29) is 36.7 Å². The SMILES string of the molecule is CCC(C)C(CCC(=O)N(C)OC)C(=O)OCc1ccccc1. The zero-order valence-corrected chi connectivity index (χ0v) is 14.5. The summed E-state index contributed by atoms with van der Waals surface area (Å²) in [7, 11) is 3.01. The fourth-order valence-electron chi connectivity index (χ4n) is 2.29. The molecule has 2 unspecified atom stereocenters. The Kier molecular flexibility index (Phi) is 8.33. The minimum absolute atomic E-state index is 0.142. The van der Waals surface area contributed by atoms with Crippen LogP contribution in [-0.2, 0) is 25.8 Å². The van der Waals surface area contributed by atoms with Crippen LogP contribution in [0.5, 0.6) is 0 Å². The summed E-state index contributed by atoms with van der Waals surface area (Å²) in [5.41, 5.74) is 0.957. The highest BCUT2D eigenvalue weighted by Gasteiger charge is 2.26. The Morgan fingerprint density at radius 1 is 1.22 bits per heavy atom. The minimum atomic E-state index is -0.280. The minimum Gasteiger partial charge on any atom is -0.461 e. The molecule has 1 amide bonds. The zero-order chi connectivity index (χ0) is 17.2. The van der Waals surface area contributed by atoms with Gasteiger partial charge in [0.15, 0.2) is 0 Å². The van der Waals surface area contributed by atoms with E-state index in [9.17, 15) is 9.59 Å². The predicted octanol–water partition coefficient (Wildman–Crippen LogP) is 3.19. The molecule has 1 aromatic rings. The molecular weight excluding hydrogens is 294 g/mol. The van der Waals surface area contributed by atoms with Crippen LogP contribution >= 0.6 is 0 Å². The fraction of sp³-hybridized carbons (Fsp3) is 0.556. The smallest absolute Gasteiger partial charge is 0.309 e. The molecule has 0 aromatic heterocycles. The fourth-order valence-corrected chi connectivity index (χ4v) is 2.29. The number of nitrogens with zero attached hydrogens (tertiary/aromatic N) is 1. The van der Waals surface area contributed by atoms with Gasteiger partial charge in [-0.3, -0.25) is 14.4 Å². The van der Waals surface area contributed by atoms with Crippen molar-refractivity contribution in [3.05, 3.63) is 35.9 Å². The Labute approximate surface area is 138 Å². The van der Waals surface area contributed by atoms with E-state index >= 15 is 0 Å².